The molecule has 1 aliphatic heterocycles. The van der Waals surface area contributed by atoms with Gasteiger partial charge >= 0.3 is 0 Å². The Bertz CT molecular complexity index is 955. The maximum absolute atomic E-state index is 12.2. The highest BCUT2D eigenvalue weighted by Crippen LogP contribution is 2.27. The van der Waals surface area contributed by atoms with Crippen molar-refractivity contribution in [2.24, 2.45) is 0 Å². The molecule has 144 valence electrons. The van der Waals surface area contributed by atoms with Gasteiger partial charge in [-0.15, -0.1) is 0 Å². The van der Waals surface area contributed by atoms with Crippen LogP contribution in [0.1, 0.15) is 42.9 Å². The largest absolute Gasteiger partial charge is 0.305 e. The molecule has 3 aromatic rings. The maximum Gasteiger partial charge on any atom is 0.251 e. The van der Waals surface area contributed by atoms with E-state index >= 15 is 0 Å². The molecule has 2 atom stereocenters. The van der Waals surface area contributed by atoms with Crippen LogP contribution in [0.5, 0.6) is 0 Å². The van der Waals surface area contributed by atoms with Gasteiger partial charge < -0.3 is 9.88 Å². The minimum atomic E-state index is -0.109. The Morgan fingerprint density at radius 3 is 2.79 bits per heavy atom. The summed E-state index contributed by atoms with van der Waals surface area (Å²) in [6.45, 7) is 5.38. The number of nitrogens with zero attached hydrogens (tertiary/aromatic N) is 3. The molecule has 0 bridgehead atoms. The van der Waals surface area contributed by atoms with Crippen molar-refractivity contribution in [2.75, 3.05) is 19.6 Å². The summed E-state index contributed by atoms with van der Waals surface area (Å²) in [5.74, 6) is 1.41. The average Bonchev–Trinajstić information content (AvgIpc) is 3.22. The molecule has 2 aromatic heterocycles. The van der Waals surface area contributed by atoms with Gasteiger partial charge in [0, 0.05) is 24.7 Å². The van der Waals surface area contributed by atoms with Crippen molar-refractivity contribution in [3.63, 3.8) is 0 Å². The fourth-order valence-corrected chi connectivity index (χ4v) is 3.91. The van der Waals surface area contributed by atoms with E-state index in [0.717, 1.165) is 38.2 Å². The summed E-state index contributed by atoms with van der Waals surface area (Å²) >= 11 is 0. The summed E-state index contributed by atoms with van der Waals surface area (Å²) in [4.78, 5) is 26.5. The van der Waals surface area contributed by atoms with Crippen molar-refractivity contribution in [1.82, 2.24) is 19.9 Å². The standard InChI is InChI=1S/C23H26N4O/c1-17(18-7-3-2-4-8-18)10-13-27-14-11-19(16-27)21-15-22(28)26-23(25-21)20-9-5-6-12-24-20/h2-9,12,15,17,19H,10-11,13-14,16H2,1H3,(H,25,26,28)/t17-,19+/m1/s1. The zero-order valence-electron chi connectivity index (χ0n) is 16.2. The molecule has 4 rings (SSSR count). The lowest BCUT2D eigenvalue weighted by atomic mass is 9.98. The summed E-state index contributed by atoms with van der Waals surface area (Å²) in [7, 11) is 0. The Morgan fingerprint density at radius 2 is 2.00 bits per heavy atom. The first-order valence-corrected chi connectivity index (χ1v) is 9.99. The summed E-state index contributed by atoms with van der Waals surface area (Å²) in [5, 5.41) is 0. The zero-order valence-corrected chi connectivity index (χ0v) is 16.2. The molecule has 1 aromatic carbocycles. The Kier molecular flexibility index (Phi) is 5.63. The van der Waals surface area contributed by atoms with Crippen LogP contribution in [-0.2, 0) is 0 Å². The quantitative estimate of drug-likeness (QED) is 0.713. The van der Waals surface area contributed by atoms with Crippen LogP contribution in [0.15, 0.2) is 65.6 Å². The number of hydrogen-bond acceptors (Lipinski definition) is 4. The van der Waals surface area contributed by atoms with Gasteiger partial charge in [-0.3, -0.25) is 9.78 Å². The molecule has 0 spiro atoms. The summed E-state index contributed by atoms with van der Waals surface area (Å²) < 4.78 is 0. The SMILES string of the molecule is C[C@H](CCN1CC[C@H](c2cc(=O)[nH]c(-c3ccccn3)n2)C1)c1ccccc1. The summed E-state index contributed by atoms with van der Waals surface area (Å²) in [6, 6.07) is 18.0. The van der Waals surface area contributed by atoms with E-state index in [1.165, 1.54) is 5.56 Å². The van der Waals surface area contributed by atoms with Gasteiger partial charge in [-0.1, -0.05) is 43.3 Å². The lowest BCUT2D eigenvalue weighted by Gasteiger charge is -2.19. The van der Waals surface area contributed by atoms with Crippen molar-refractivity contribution < 1.29 is 0 Å². The third-order valence-electron chi connectivity index (χ3n) is 5.61. The molecule has 0 saturated carbocycles. The van der Waals surface area contributed by atoms with E-state index in [2.05, 4.69) is 52.1 Å². The molecule has 1 aliphatic rings. The number of H-pyrrole nitrogens is 1. The topological polar surface area (TPSA) is 61.9 Å². The molecule has 0 aliphatic carbocycles. The Labute approximate surface area is 165 Å². The van der Waals surface area contributed by atoms with E-state index < -0.39 is 0 Å². The van der Waals surface area contributed by atoms with E-state index in [0.29, 0.717) is 23.4 Å². The fraction of sp³-hybridized carbons (Fsp3) is 0.348. The van der Waals surface area contributed by atoms with Crippen LogP contribution in [0.4, 0.5) is 0 Å². The number of hydrogen-bond donors (Lipinski definition) is 1. The third kappa shape index (κ3) is 4.37. The highest BCUT2D eigenvalue weighted by atomic mass is 16.1. The van der Waals surface area contributed by atoms with Gasteiger partial charge in [0.25, 0.3) is 5.56 Å². The molecule has 1 saturated heterocycles. The molecular weight excluding hydrogens is 348 g/mol. The molecule has 0 unspecified atom stereocenters. The zero-order chi connectivity index (χ0) is 19.3. The van der Waals surface area contributed by atoms with Crippen LogP contribution >= 0.6 is 0 Å². The Hall–Kier alpha value is -2.79. The van der Waals surface area contributed by atoms with E-state index in [-0.39, 0.29) is 5.56 Å². The van der Waals surface area contributed by atoms with Crippen LogP contribution in [0.2, 0.25) is 0 Å². The number of nitrogens with one attached hydrogen (secondary N) is 1. The average molecular weight is 374 g/mol. The second-order valence-corrected chi connectivity index (χ2v) is 7.62. The Balaban J connectivity index is 1.40. The lowest BCUT2D eigenvalue weighted by molar-refractivity contribution is 0.320. The van der Waals surface area contributed by atoms with Gasteiger partial charge in [-0.2, -0.15) is 0 Å². The predicted molar refractivity (Wildman–Crippen MR) is 111 cm³/mol. The molecule has 5 nitrogen and oxygen atoms in total. The van der Waals surface area contributed by atoms with Gasteiger partial charge in [-0.25, -0.2) is 4.98 Å². The molecular formula is C23H26N4O. The molecule has 3 heterocycles. The van der Waals surface area contributed by atoms with Gasteiger partial charge in [0.2, 0.25) is 0 Å². The number of likely N-dealkylation sites (tertiary alicyclic amines) is 1. The lowest BCUT2D eigenvalue weighted by Crippen LogP contribution is -2.23. The van der Waals surface area contributed by atoms with E-state index in [4.69, 9.17) is 4.98 Å². The number of benzene rings is 1. The predicted octanol–water partition coefficient (Wildman–Crippen LogP) is 3.82. The third-order valence-corrected chi connectivity index (χ3v) is 5.61. The maximum atomic E-state index is 12.2. The monoisotopic (exact) mass is 374 g/mol. The van der Waals surface area contributed by atoms with E-state index in [1.807, 2.05) is 18.2 Å². The molecule has 1 fully saturated rings. The number of pyridine rings is 1. The minimum absolute atomic E-state index is 0.109. The first kappa shape index (κ1) is 18.6. The molecule has 0 radical (unpaired) electrons. The second-order valence-electron chi connectivity index (χ2n) is 7.62. The van der Waals surface area contributed by atoms with Crippen LogP contribution in [-0.4, -0.2) is 39.5 Å². The van der Waals surface area contributed by atoms with Gasteiger partial charge in [0.05, 0.1) is 5.69 Å². The highest BCUT2D eigenvalue weighted by Gasteiger charge is 2.26. The molecule has 5 heteroatoms. The van der Waals surface area contributed by atoms with Gasteiger partial charge in [0.15, 0.2) is 5.82 Å². The smallest absolute Gasteiger partial charge is 0.251 e. The van der Waals surface area contributed by atoms with Crippen molar-refractivity contribution in [3.05, 3.63) is 82.4 Å². The first-order chi connectivity index (χ1) is 13.7. The van der Waals surface area contributed by atoms with Gasteiger partial charge in [0.1, 0.15) is 5.69 Å². The second kappa shape index (κ2) is 8.48. The molecule has 1 N–H and O–H groups in total. The normalized spacial score (nSPS) is 18.2. The summed E-state index contributed by atoms with van der Waals surface area (Å²) in [6.07, 6.45) is 3.89. The minimum Gasteiger partial charge on any atom is -0.305 e. The number of aromatic amines is 1. The van der Waals surface area contributed by atoms with Crippen LogP contribution in [0.25, 0.3) is 11.5 Å². The van der Waals surface area contributed by atoms with Crippen molar-refractivity contribution in [1.29, 1.82) is 0 Å². The molecule has 28 heavy (non-hydrogen) atoms. The van der Waals surface area contributed by atoms with Gasteiger partial charge in [-0.05, 0) is 49.5 Å². The van der Waals surface area contributed by atoms with Crippen molar-refractivity contribution in [3.8, 4) is 11.5 Å². The van der Waals surface area contributed by atoms with Crippen molar-refractivity contribution in [2.45, 2.75) is 31.6 Å². The number of rotatable bonds is 6. The summed E-state index contributed by atoms with van der Waals surface area (Å²) in [5.41, 5.74) is 2.87. The molecule has 0 amide bonds. The van der Waals surface area contributed by atoms with E-state index in [9.17, 15) is 4.79 Å². The Morgan fingerprint density at radius 1 is 1.18 bits per heavy atom. The fourth-order valence-electron chi connectivity index (χ4n) is 3.91. The number of aromatic nitrogens is 3. The first-order valence-electron chi connectivity index (χ1n) is 9.99. The van der Waals surface area contributed by atoms with Crippen LogP contribution in [0, 0.1) is 0 Å². The van der Waals surface area contributed by atoms with Crippen LogP contribution in [0.3, 0.4) is 0 Å². The van der Waals surface area contributed by atoms with Crippen LogP contribution < -0.4 is 5.56 Å². The highest BCUT2D eigenvalue weighted by molar-refractivity contribution is 5.48. The van der Waals surface area contributed by atoms with Crippen molar-refractivity contribution >= 4 is 0 Å². The van der Waals surface area contributed by atoms with E-state index in [1.54, 1.807) is 12.3 Å².